The van der Waals surface area contributed by atoms with Crippen molar-refractivity contribution in [1.29, 1.82) is 0 Å². The van der Waals surface area contributed by atoms with Gasteiger partial charge in [-0.3, -0.25) is 4.79 Å². The van der Waals surface area contributed by atoms with Gasteiger partial charge < -0.3 is 14.7 Å². The number of para-hydroxylation sites is 1. The summed E-state index contributed by atoms with van der Waals surface area (Å²) in [7, 11) is 0. The van der Waals surface area contributed by atoms with Crippen LogP contribution in [-0.2, 0) is 9.59 Å². The predicted molar refractivity (Wildman–Crippen MR) is 68.9 cm³/mol. The summed E-state index contributed by atoms with van der Waals surface area (Å²) in [4.78, 5) is 24.5. The van der Waals surface area contributed by atoms with E-state index in [1.165, 1.54) is 30.0 Å². The van der Waals surface area contributed by atoms with Crippen molar-refractivity contribution >= 4 is 11.9 Å². The first-order valence-electron chi connectivity index (χ1n) is 6.45. The zero-order chi connectivity index (χ0) is 14.7. The predicted octanol–water partition coefficient (Wildman–Crippen LogP) is 1.67. The number of amides is 1. The molecule has 1 N–H and O–H groups in total. The maximum absolute atomic E-state index is 13.5. The lowest BCUT2D eigenvalue weighted by Gasteiger charge is -2.25. The number of halogens is 1. The van der Waals surface area contributed by atoms with Crippen LogP contribution in [0.3, 0.4) is 0 Å². The Bertz CT molecular complexity index is 520. The number of carboxylic acid groups (broad SMARTS) is 1. The van der Waals surface area contributed by atoms with Gasteiger partial charge in [-0.1, -0.05) is 12.1 Å². The van der Waals surface area contributed by atoms with Gasteiger partial charge in [-0.25, -0.2) is 9.18 Å². The van der Waals surface area contributed by atoms with Crippen LogP contribution in [0.1, 0.15) is 19.8 Å². The summed E-state index contributed by atoms with van der Waals surface area (Å²) < 4.78 is 18.7. The summed E-state index contributed by atoms with van der Waals surface area (Å²) in [5, 5.41) is 9.05. The zero-order valence-corrected chi connectivity index (χ0v) is 11.1. The number of aliphatic carboxylic acids is 1. The number of nitrogens with zero attached hydrogens (tertiary/aromatic N) is 1. The van der Waals surface area contributed by atoms with Gasteiger partial charge in [-0.15, -0.1) is 0 Å². The molecule has 1 fully saturated rings. The topological polar surface area (TPSA) is 66.8 Å². The number of hydrogen-bond acceptors (Lipinski definition) is 3. The van der Waals surface area contributed by atoms with Crippen LogP contribution < -0.4 is 4.74 Å². The molecule has 108 valence electrons. The van der Waals surface area contributed by atoms with Gasteiger partial charge in [0.25, 0.3) is 5.91 Å². The number of ether oxygens (including phenoxy) is 1. The molecular formula is C14H16FNO4. The van der Waals surface area contributed by atoms with E-state index in [4.69, 9.17) is 9.84 Å². The lowest BCUT2D eigenvalue weighted by Crippen LogP contribution is -2.46. The smallest absolute Gasteiger partial charge is 0.326 e. The highest BCUT2D eigenvalue weighted by atomic mass is 19.1. The van der Waals surface area contributed by atoms with Gasteiger partial charge in [0.2, 0.25) is 0 Å². The van der Waals surface area contributed by atoms with Gasteiger partial charge in [-0.2, -0.15) is 0 Å². The van der Waals surface area contributed by atoms with Gasteiger partial charge in [0, 0.05) is 6.54 Å². The largest absolute Gasteiger partial charge is 0.480 e. The summed E-state index contributed by atoms with van der Waals surface area (Å²) in [6.45, 7) is 1.88. The van der Waals surface area contributed by atoms with Crippen molar-refractivity contribution in [3.8, 4) is 5.75 Å². The Labute approximate surface area is 116 Å². The Hall–Kier alpha value is -2.11. The van der Waals surface area contributed by atoms with Crippen molar-refractivity contribution in [2.75, 3.05) is 6.54 Å². The molecule has 0 bridgehead atoms. The van der Waals surface area contributed by atoms with E-state index in [9.17, 15) is 14.0 Å². The second-order valence-corrected chi connectivity index (χ2v) is 4.72. The van der Waals surface area contributed by atoms with E-state index in [1.807, 2.05) is 0 Å². The molecule has 0 aromatic heterocycles. The van der Waals surface area contributed by atoms with Gasteiger partial charge in [0.1, 0.15) is 6.04 Å². The zero-order valence-electron chi connectivity index (χ0n) is 11.1. The van der Waals surface area contributed by atoms with E-state index in [2.05, 4.69) is 0 Å². The first-order valence-corrected chi connectivity index (χ1v) is 6.45. The molecule has 0 spiro atoms. The van der Waals surface area contributed by atoms with Crippen LogP contribution >= 0.6 is 0 Å². The fraction of sp³-hybridized carbons (Fsp3) is 0.429. The number of benzene rings is 1. The minimum atomic E-state index is -1.02. The molecule has 0 saturated carbocycles. The first-order chi connectivity index (χ1) is 9.50. The van der Waals surface area contributed by atoms with Crippen LogP contribution in [-0.4, -0.2) is 40.6 Å². The minimum absolute atomic E-state index is 0.0144. The van der Waals surface area contributed by atoms with E-state index < -0.39 is 29.8 Å². The highest BCUT2D eigenvalue weighted by Gasteiger charge is 2.36. The molecule has 0 aliphatic carbocycles. The van der Waals surface area contributed by atoms with Crippen LogP contribution in [0, 0.1) is 5.82 Å². The van der Waals surface area contributed by atoms with Crippen molar-refractivity contribution in [2.24, 2.45) is 0 Å². The molecule has 1 aliphatic heterocycles. The van der Waals surface area contributed by atoms with Crippen LogP contribution in [0.5, 0.6) is 5.75 Å². The molecule has 6 heteroatoms. The molecule has 2 unspecified atom stereocenters. The maximum atomic E-state index is 13.5. The van der Waals surface area contributed by atoms with Gasteiger partial charge >= 0.3 is 5.97 Å². The summed E-state index contributed by atoms with van der Waals surface area (Å²) in [6.07, 6.45) is 0.162. The SMILES string of the molecule is CC(Oc1ccccc1F)C(=O)N1CCCC1C(=O)O. The Morgan fingerprint density at radius 2 is 2.15 bits per heavy atom. The highest BCUT2D eigenvalue weighted by Crippen LogP contribution is 2.21. The second kappa shape index (κ2) is 5.90. The first kappa shape index (κ1) is 14.3. The summed E-state index contributed by atoms with van der Waals surface area (Å²) in [5.74, 6) is -2.02. The van der Waals surface area contributed by atoms with Gasteiger partial charge in [0.05, 0.1) is 0 Å². The van der Waals surface area contributed by atoms with Crippen LogP contribution in [0.25, 0.3) is 0 Å². The molecule has 2 rings (SSSR count). The Balaban J connectivity index is 2.05. The third-order valence-electron chi connectivity index (χ3n) is 3.31. The van der Waals surface area contributed by atoms with E-state index in [0.717, 1.165) is 0 Å². The van der Waals surface area contributed by atoms with Gasteiger partial charge in [0.15, 0.2) is 17.7 Å². The molecule has 1 saturated heterocycles. The fourth-order valence-electron chi connectivity index (χ4n) is 2.30. The molecule has 1 aromatic carbocycles. The number of hydrogen-bond donors (Lipinski definition) is 1. The monoisotopic (exact) mass is 281 g/mol. The van der Waals surface area contributed by atoms with Crippen molar-refractivity contribution in [3.05, 3.63) is 30.1 Å². The number of carbonyl (C=O) groups excluding carboxylic acids is 1. The number of carbonyl (C=O) groups is 2. The fourth-order valence-corrected chi connectivity index (χ4v) is 2.30. The van der Waals surface area contributed by atoms with Crippen molar-refractivity contribution < 1.29 is 23.8 Å². The number of carboxylic acids is 1. The lowest BCUT2D eigenvalue weighted by molar-refractivity contribution is -0.150. The average molecular weight is 281 g/mol. The van der Waals surface area contributed by atoms with Gasteiger partial charge in [-0.05, 0) is 31.9 Å². The van der Waals surface area contributed by atoms with E-state index in [-0.39, 0.29) is 5.75 Å². The standard InChI is InChI=1S/C14H16FNO4/c1-9(20-12-7-3-2-5-10(12)15)13(17)16-8-4-6-11(16)14(18)19/h2-3,5,7,9,11H,4,6,8H2,1H3,(H,18,19). The Kier molecular flexibility index (Phi) is 4.22. The molecule has 0 radical (unpaired) electrons. The molecular weight excluding hydrogens is 265 g/mol. The van der Waals surface area contributed by atoms with E-state index in [0.29, 0.717) is 19.4 Å². The minimum Gasteiger partial charge on any atom is -0.480 e. The third-order valence-corrected chi connectivity index (χ3v) is 3.31. The number of rotatable bonds is 4. The molecule has 1 amide bonds. The molecule has 1 heterocycles. The van der Waals surface area contributed by atoms with Crippen LogP contribution in [0.15, 0.2) is 24.3 Å². The van der Waals surface area contributed by atoms with Crippen LogP contribution in [0.2, 0.25) is 0 Å². The summed E-state index contributed by atoms with van der Waals surface area (Å²) in [5.41, 5.74) is 0. The van der Waals surface area contributed by atoms with Crippen molar-refractivity contribution in [3.63, 3.8) is 0 Å². The van der Waals surface area contributed by atoms with Crippen LogP contribution in [0.4, 0.5) is 4.39 Å². The third kappa shape index (κ3) is 2.89. The van der Waals surface area contributed by atoms with E-state index >= 15 is 0 Å². The van der Waals surface area contributed by atoms with Crippen molar-refractivity contribution in [1.82, 2.24) is 4.90 Å². The molecule has 1 aliphatic rings. The number of likely N-dealkylation sites (tertiary alicyclic amines) is 1. The Morgan fingerprint density at radius 1 is 1.45 bits per heavy atom. The van der Waals surface area contributed by atoms with Crippen molar-refractivity contribution in [2.45, 2.75) is 31.9 Å². The normalized spacial score (nSPS) is 19.7. The van der Waals surface area contributed by atoms with E-state index in [1.54, 1.807) is 6.07 Å². The second-order valence-electron chi connectivity index (χ2n) is 4.72. The Morgan fingerprint density at radius 3 is 2.80 bits per heavy atom. The highest BCUT2D eigenvalue weighted by molar-refractivity contribution is 5.87. The molecule has 5 nitrogen and oxygen atoms in total. The summed E-state index contributed by atoms with van der Waals surface area (Å²) >= 11 is 0. The molecule has 2 atom stereocenters. The molecule has 1 aromatic rings. The summed E-state index contributed by atoms with van der Waals surface area (Å²) in [6, 6.07) is 4.98. The quantitative estimate of drug-likeness (QED) is 0.911. The average Bonchev–Trinajstić information content (AvgIpc) is 2.89. The lowest BCUT2D eigenvalue weighted by atomic mass is 10.2. The maximum Gasteiger partial charge on any atom is 0.326 e. The molecule has 20 heavy (non-hydrogen) atoms.